The summed E-state index contributed by atoms with van der Waals surface area (Å²) in [6, 6.07) is -0.0517. The van der Waals surface area contributed by atoms with Gasteiger partial charge in [-0.25, -0.2) is 4.79 Å². The van der Waals surface area contributed by atoms with Crippen LogP contribution in [0.15, 0.2) is 4.99 Å². The van der Waals surface area contributed by atoms with E-state index in [4.69, 9.17) is 37.7 Å². The van der Waals surface area contributed by atoms with Gasteiger partial charge in [0, 0.05) is 43.3 Å². The van der Waals surface area contributed by atoms with Crippen LogP contribution in [0.1, 0.15) is 84.5 Å². The number of hydrogen-bond donors (Lipinski definition) is 1. The number of carbonyl (C=O) groups is 2. The fourth-order valence-electron chi connectivity index (χ4n) is 7.87. The van der Waals surface area contributed by atoms with Gasteiger partial charge < -0.3 is 19.7 Å². The quantitative estimate of drug-likeness (QED) is 0.426. The predicted molar refractivity (Wildman–Crippen MR) is 158 cm³/mol. The van der Waals surface area contributed by atoms with Crippen molar-refractivity contribution < 1.29 is 19.1 Å². The van der Waals surface area contributed by atoms with E-state index in [1.54, 1.807) is 12.0 Å². The molecule has 0 bridgehead atoms. The third-order valence-corrected chi connectivity index (χ3v) is 10.8. The van der Waals surface area contributed by atoms with Crippen LogP contribution in [-0.4, -0.2) is 95.5 Å². The second-order valence-corrected chi connectivity index (χ2v) is 14.2. The lowest BCUT2D eigenvalue weighted by atomic mass is 9.74. The summed E-state index contributed by atoms with van der Waals surface area (Å²) in [6.07, 6.45) is 10.7. The third-order valence-electron chi connectivity index (χ3n) is 9.92. The molecule has 40 heavy (non-hydrogen) atoms. The van der Waals surface area contributed by atoms with Gasteiger partial charge >= 0.3 is 6.03 Å². The summed E-state index contributed by atoms with van der Waals surface area (Å²) in [7, 11) is 1.77. The molecule has 1 saturated heterocycles. The minimum absolute atomic E-state index is 0.0117. The van der Waals surface area contributed by atoms with Crippen molar-refractivity contribution in [1.82, 2.24) is 15.1 Å². The molecular weight excluding hydrogens is 551 g/mol. The van der Waals surface area contributed by atoms with Crippen molar-refractivity contribution in [3.8, 4) is 0 Å². The molecule has 0 spiro atoms. The molecule has 10 heteroatoms. The Kier molecular flexibility index (Phi) is 10.2. The summed E-state index contributed by atoms with van der Waals surface area (Å²) < 4.78 is 12.3. The van der Waals surface area contributed by atoms with Gasteiger partial charge in [0.15, 0.2) is 0 Å². The number of alkyl halides is 2. The van der Waals surface area contributed by atoms with Crippen molar-refractivity contribution in [3.05, 3.63) is 0 Å². The zero-order valence-electron chi connectivity index (χ0n) is 24.4. The van der Waals surface area contributed by atoms with Crippen LogP contribution in [0, 0.1) is 17.8 Å². The molecule has 0 aromatic carbocycles. The van der Waals surface area contributed by atoms with Crippen LogP contribution in [0.2, 0.25) is 0 Å². The van der Waals surface area contributed by atoms with Gasteiger partial charge in [-0.3, -0.25) is 14.7 Å². The summed E-state index contributed by atoms with van der Waals surface area (Å²) >= 11 is 13.1. The molecule has 0 radical (unpaired) electrons. The highest BCUT2D eigenvalue weighted by molar-refractivity contribution is 6.20. The summed E-state index contributed by atoms with van der Waals surface area (Å²) in [5.41, 5.74) is 0. The van der Waals surface area contributed by atoms with Crippen LogP contribution in [0.4, 0.5) is 4.79 Å². The number of nitrogens with one attached hydrogen (secondary N) is 1. The highest BCUT2D eigenvalue weighted by Gasteiger charge is 2.52. The molecule has 5 aliphatic rings. The van der Waals surface area contributed by atoms with Crippen LogP contribution < -0.4 is 5.32 Å². The Labute approximate surface area is 249 Å². The SMILES string of the molecule is COC1CCC(C2=N[C@@H](C3CCC(Cl)CC3)[C@@H](C3CCC(Cl)CC3)N2C(=O)N2CCNC(=O)C2)C(OC(C)C)C1. The van der Waals surface area contributed by atoms with E-state index in [1.807, 2.05) is 0 Å². The molecule has 226 valence electrons. The number of halogens is 2. The molecule has 4 fully saturated rings. The molecule has 0 aromatic rings. The smallest absolute Gasteiger partial charge is 0.326 e. The summed E-state index contributed by atoms with van der Waals surface area (Å²) in [6.45, 7) is 5.22. The molecule has 0 aromatic heterocycles. The maximum atomic E-state index is 14.5. The Bertz CT molecular complexity index is 919. The van der Waals surface area contributed by atoms with E-state index < -0.39 is 0 Å². The van der Waals surface area contributed by atoms with E-state index in [0.29, 0.717) is 24.9 Å². The average molecular weight is 600 g/mol. The first-order valence-electron chi connectivity index (χ1n) is 15.6. The largest absolute Gasteiger partial charge is 0.381 e. The molecule has 3 unspecified atom stereocenters. The fourth-order valence-corrected chi connectivity index (χ4v) is 8.37. The number of piperazine rings is 1. The van der Waals surface area contributed by atoms with E-state index >= 15 is 0 Å². The van der Waals surface area contributed by atoms with Crippen molar-refractivity contribution >= 4 is 41.0 Å². The van der Waals surface area contributed by atoms with Crippen molar-refractivity contribution in [2.75, 3.05) is 26.7 Å². The monoisotopic (exact) mass is 598 g/mol. The Morgan fingerprint density at radius 1 is 0.975 bits per heavy atom. The number of amidine groups is 1. The first kappa shape index (κ1) is 30.4. The highest BCUT2D eigenvalue weighted by Crippen LogP contribution is 2.45. The number of carbonyl (C=O) groups excluding carboxylic acids is 2. The topological polar surface area (TPSA) is 83.5 Å². The van der Waals surface area contributed by atoms with Gasteiger partial charge in [0.2, 0.25) is 5.91 Å². The van der Waals surface area contributed by atoms with Crippen LogP contribution in [0.5, 0.6) is 0 Å². The van der Waals surface area contributed by atoms with Crippen molar-refractivity contribution in [1.29, 1.82) is 0 Å². The molecule has 2 aliphatic heterocycles. The van der Waals surface area contributed by atoms with Crippen molar-refractivity contribution in [3.63, 3.8) is 0 Å². The lowest BCUT2D eigenvalue weighted by molar-refractivity contribution is -0.123. The van der Waals surface area contributed by atoms with E-state index in [1.165, 1.54) is 0 Å². The summed E-state index contributed by atoms with van der Waals surface area (Å²) in [5, 5.41) is 3.30. The van der Waals surface area contributed by atoms with Gasteiger partial charge in [-0.2, -0.15) is 0 Å². The third kappa shape index (κ3) is 6.76. The number of urea groups is 1. The van der Waals surface area contributed by atoms with Crippen molar-refractivity contribution in [2.24, 2.45) is 22.7 Å². The minimum Gasteiger partial charge on any atom is -0.381 e. The zero-order valence-corrected chi connectivity index (χ0v) is 25.9. The number of methoxy groups -OCH3 is 1. The normalized spacial score (nSPS) is 39.3. The van der Waals surface area contributed by atoms with Gasteiger partial charge in [0.05, 0.1) is 30.4 Å². The van der Waals surface area contributed by atoms with Gasteiger partial charge in [0.1, 0.15) is 12.4 Å². The predicted octanol–water partition coefficient (Wildman–Crippen LogP) is 5.19. The molecule has 8 nitrogen and oxygen atoms in total. The number of ether oxygens (including phenoxy) is 2. The number of amides is 3. The standard InChI is InChI=1S/C30H48Cl2N4O4/c1-18(2)40-25-16-23(39-3)12-13-24(25)29-34-27(19-4-8-21(31)9-5-19)28(20-6-10-22(32)11-7-20)36(29)30(38)35-15-14-33-26(37)17-35/h18-25,27-28H,4-17H2,1-3H3,(H,33,37)/t19?,20?,21?,22?,23?,24?,25?,27-,28+/m0/s1. The highest BCUT2D eigenvalue weighted by atomic mass is 35.5. The van der Waals surface area contributed by atoms with Crippen LogP contribution in [-0.2, 0) is 14.3 Å². The van der Waals surface area contributed by atoms with E-state index in [2.05, 4.69) is 24.1 Å². The fraction of sp³-hybridized carbons (Fsp3) is 0.900. The first-order chi connectivity index (χ1) is 19.2. The summed E-state index contributed by atoms with van der Waals surface area (Å²) in [5.74, 6) is 1.52. The first-order valence-corrected chi connectivity index (χ1v) is 16.5. The number of aliphatic imine (C=N–C) groups is 1. The maximum absolute atomic E-state index is 14.5. The molecule has 5 atom stereocenters. The van der Waals surface area contributed by atoms with Crippen LogP contribution in [0.3, 0.4) is 0 Å². The number of rotatable bonds is 6. The Morgan fingerprint density at radius 2 is 1.62 bits per heavy atom. The maximum Gasteiger partial charge on any atom is 0.326 e. The Balaban J connectivity index is 1.53. The molecule has 3 saturated carbocycles. The lowest BCUT2D eigenvalue weighted by Gasteiger charge is -2.44. The molecule has 5 rings (SSSR count). The van der Waals surface area contributed by atoms with Gasteiger partial charge in [-0.15, -0.1) is 23.2 Å². The molecule has 1 N–H and O–H groups in total. The van der Waals surface area contributed by atoms with E-state index in [-0.39, 0.29) is 65.6 Å². The van der Waals surface area contributed by atoms with Crippen LogP contribution in [0.25, 0.3) is 0 Å². The number of nitrogens with zero attached hydrogens (tertiary/aromatic N) is 3. The molecule has 3 aliphatic carbocycles. The lowest BCUT2D eigenvalue weighted by Crippen LogP contribution is -2.60. The zero-order chi connectivity index (χ0) is 28.4. The Morgan fingerprint density at radius 3 is 2.23 bits per heavy atom. The molecule has 2 heterocycles. The average Bonchev–Trinajstić information content (AvgIpc) is 3.33. The van der Waals surface area contributed by atoms with Gasteiger partial charge in [-0.1, -0.05) is 0 Å². The Hall–Kier alpha value is -1.09. The minimum atomic E-state index is -0.102. The van der Waals surface area contributed by atoms with E-state index in [0.717, 1.165) is 76.5 Å². The second kappa shape index (κ2) is 13.5. The van der Waals surface area contributed by atoms with Gasteiger partial charge in [-0.05, 0) is 89.9 Å². The van der Waals surface area contributed by atoms with Crippen molar-refractivity contribution in [2.45, 2.75) is 126 Å². The molecule has 3 amide bonds. The summed E-state index contributed by atoms with van der Waals surface area (Å²) in [4.78, 5) is 36.2. The second-order valence-electron chi connectivity index (χ2n) is 12.9. The van der Waals surface area contributed by atoms with E-state index in [9.17, 15) is 9.59 Å². The van der Waals surface area contributed by atoms with Crippen LogP contribution >= 0.6 is 23.2 Å². The number of hydrogen-bond acceptors (Lipinski definition) is 5. The molecular formula is C30H48Cl2N4O4. The van der Waals surface area contributed by atoms with Gasteiger partial charge in [0.25, 0.3) is 0 Å².